The molecule has 0 bridgehead atoms. The number of carbonyl (C=O) groups excluding carboxylic acids is 1. The van der Waals surface area contributed by atoms with Crippen molar-refractivity contribution in [1.29, 1.82) is 0 Å². The lowest BCUT2D eigenvalue weighted by Gasteiger charge is -2.34. The summed E-state index contributed by atoms with van der Waals surface area (Å²) < 4.78 is 5.45. The maximum Gasteiger partial charge on any atom is 0.407 e. The third-order valence-electron chi connectivity index (χ3n) is 5.16. The molecule has 2 rings (SSSR count). The van der Waals surface area contributed by atoms with E-state index in [4.69, 9.17) is 9.84 Å². The summed E-state index contributed by atoms with van der Waals surface area (Å²) in [5.41, 5.74) is 0.972. The molecule has 1 amide bonds. The highest BCUT2D eigenvalue weighted by atomic mass is 79.9. The molecule has 0 radical (unpaired) electrons. The van der Waals surface area contributed by atoms with Gasteiger partial charge in [-0.1, -0.05) is 15.9 Å². The van der Waals surface area contributed by atoms with Gasteiger partial charge in [0, 0.05) is 47.0 Å². The molecule has 1 heterocycles. The Bertz CT molecular complexity index is 833. The molecule has 1 aromatic carbocycles. The second kappa shape index (κ2) is 9.73. The highest BCUT2D eigenvalue weighted by Crippen LogP contribution is 2.31. The second-order valence-corrected chi connectivity index (χ2v) is 7.81. The number of nitro benzene ring substituents is 1. The molecule has 10 heteroatoms. The van der Waals surface area contributed by atoms with Gasteiger partial charge >= 0.3 is 12.1 Å². The van der Waals surface area contributed by atoms with Crippen molar-refractivity contribution < 1.29 is 24.4 Å². The van der Waals surface area contributed by atoms with Gasteiger partial charge in [0.1, 0.15) is 0 Å². The predicted octanol–water partition coefficient (Wildman–Crippen LogP) is 3.63. The van der Waals surface area contributed by atoms with E-state index in [9.17, 15) is 19.7 Å². The zero-order valence-electron chi connectivity index (χ0n) is 16.5. The molecule has 1 saturated heterocycles. The van der Waals surface area contributed by atoms with Crippen LogP contribution in [0.15, 0.2) is 28.4 Å². The van der Waals surface area contributed by atoms with Crippen molar-refractivity contribution in [3.63, 3.8) is 0 Å². The molecular formula is C19H24BrN3O6. The number of piperidine rings is 1. The van der Waals surface area contributed by atoms with Crippen LogP contribution >= 0.6 is 15.9 Å². The monoisotopic (exact) mass is 469 g/mol. The van der Waals surface area contributed by atoms with Gasteiger partial charge in [0.25, 0.3) is 5.69 Å². The minimum Gasteiger partial charge on any atom is -0.465 e. The first-order valence-electron chi connectivity index (χ1n) is 9.13. The summed E-state index contributed by atoms with van der Waals surface area (Å²) in [5.74, 6) is -0.378. The van der Waals surface area contributed by atoms with Crippen molar-refractivity contribution in [3.05, 3.63) is 44.0 Å². The Kier molecular flexibility index (Phi) is 7.60. The van der Waals surface area contributed by atoms with E-state index < -0.39 is 17.0 Å². The lowest BCUT2D eigenvalue weighted by Crippen LogP contribution is -2.43. The number of ether oxygens (including phenoxy) is 1. The normalized spacial score (nSPS) is 16.6. The lowest BCUT2D eigenvalue weighted by atomic mass is 9.90. The summed E-state index contributed by atoms with van der Waals surface area (Å²) in [6.07, 6.45) is 0.507. The Morgan fingerprint density at radius 1 is 1.38 bits per heavy atom. The Morgan fingerprint density at radius 2 is 2.00 bits per heavy atom. The molecule has 1 fully saturated rings. The molecule has 158 valence electrons. The minimum absolute atomic E-state index is 0.0249. The first kappa shape index (κ1) is 22.7. The van der Waals surface area contributed by atoms with Gasteiger partial charge in [0.05, 0.1) is 17.6 Å². The quantitative estimate of drug-likeness (QED) is 0.282. The summed E-state index contributed by atoms with van der Waals surface area (Å²) >= 11 is 3.36. The average molecular weight is 470 g/mol. The molecule has 1 aliphatic heterocycles. The number of non-ortho nitro benzene ring substituents is 1. The SMILES string of the molecule is COC(=O)C(=C(C)NC(C)C1CCN(C(=O)O)CC1)c1cc([N+](=O)[O-])ccc1Br. The molecule has 1 aliphatic rings. The van der Waals surface area contributed by atoms with Crippen LogP contribution in [0, 0.1) is 16.0 Å². The topological polar surface area (TPSA) is 122 Å². The minimum atomic E-state index is -0.913. The Morgan fingerprint density at radius 3 is 2.52 bits per heavy atom. The molecule has 0 spiro atoms. The van der Waals surface area contributed by atoms with Crippen LogP contribution in [0.3, 0.4) is 0 Å². The Balaban J connectivity index is 2.29. The van der Waals surface area contributed by atoms with Gasteiger partial charge in [-0.3, -0.25) is 10.1 Å². The van der Waals surface area contributed by atoms with Gasteiger partial charge in [-0.15, -0.1) is 0 Å². The molecule has 0 saturated carbocycles. The van der Waals surface area contributed by atoms with Gasteiger partial charge < -0.3 is 20.1 Å². The highest BCUT2D eigenvalue weighted by molar-refractivity contribution is 9.10. The number of hydrogen-bond acceptors (Lipinski definition) is 6. The van der Waals surface area contributed by atoms with Gasteiger partial charge in [0.15, 0.2) is 0 Å². The number of methoxy groups -OCH3 is 1. The fourth-order valence-corrected chi connectivity index (χ4v) is 3.95. The first-order chi connectivity index (χ1) is 13.6. The third-order valence-corrected chi connectivity index (χ3v) is 5.85. The average Bonchev–Trinajstić information content (AvgIpc) is 2.69. The maximum absolute atomic E-state index is 12.5. The molecular weight excluding hydrogens is 446 g/mol. The summed E-state index contributed by atoms with van der Waals surface area (Å²) in [4.78, 5) is 35.6. The zero-order chi connectivity index (χ0) is 21.7. The van der Waals surface area contributed by atoms with E-state index in [2.05, 4.69) is 21.2 Å². The fourth-order valence-electron chi connectivity index (χ4n) is 3.51. The van der Waals surface area contributed by atoms with Crippen LogP contribution in [0.1, 0.15) is 32.3 Å². The van der Waals surface area contributed by atoms with Crippen LogP contribution in [0.2, 0.25) is 0 Å². The number of carbonyl (C=O) groups is 2. The molecule has 0 aromatic heterocycles. The number of nitro groups is 1. The number of carboxylic acid groups (broad SMARTS) is 1. The summed E-state index contributed by atoms with van der Waals surface area (Å²) in [6.45, 7) is 4.63. The van der Waals surface area contributed by atoms with Crippen molar-refractivity contribution in [1.82, 2.24) is 10.2 Å². The summed E-state index contributed by atoms with van der Waals surface area (Å²) in [6, 6.07) is 4.18. The molecule has 0 aliphatic carbocycles. The van der Waals surface area contributed by atoms with E-state index in [1.54, 1.807) is 6.92 Å². The second-order valence-electron chi connectivity index (χ2n) is 6.95. The number of esters is 1. The van der Waals surface area contributed by atoms with E-state index in [-0.39, 0.29) is 23.2 Å². The van der Waals surface area contributed by atoms with Gasteiger partial charge in [-0.25, -0.2) is 9.59 Å². The van der Waals surface area contributed by atoms with Crippen molar-refractivity contribution in [2.75, 3.05) is 20.2 Å². The summed E-state index contributed by atoms with van der Waals surface area (Å²) in [7, 11) is 1.26. The lowest BCUT2D eigenvalue weighted by molar-refractivity contribution is -0.384. The van der Waals surface area contributed by atoms with Crippen LogP contribution in [-0.2, 0) is 9.53 Å². The Labute approximate surface area is 177 Å². The largest absolute Gasteiger partial charge is 0.465 e. The van der Waals surface area contributed by atoms with E-state index in [1.165, 1.54) is 30.2 Å². The Hall–Kier alpha value is -2.62. The van der Waals surface area contributed by atoms with Crippen molar-refractivity contribution in [2.45, 2.75) is 32.7 Å². The van der Waals surface area contributed by atoms with E-state index in [1.807, 2.05) is 6.92 Å². The molecule has 9 nitrogen and oxygen atoms in total. The van der Waals surface area contributed by atoms with Crippen LogP contribution in [0.4, 0.5) is 10.5 Å². The van der Waals surface area contributed by atoms with Crippen LogP contribution in [0.5, 0.6) is 0 Å². The molecule has 1 atom stereocenters. The van der Waals surface area contributed by atoms with E-state index in [0.717, 1.165) is 0 Å². The molecule has 2 N–H and O–H groups in total. The van der Waals surface area contributed by atoms with Crippen LogP contribution < -0.4 is 5.32 Å². The third kappa shape index (κ3) is 5.47. The maximum atomic E-state index is 12.5. The highest BCUT2D eigenvalue weighted by Gasteiger charge is 2.28. The smallest absolute Gasteiger partial charge is 0.407 e. The van der Waals surface area contributed by atoms with Gasteiger partial charge in [-0.05, 0) is 38.7 Å². The number of hydrogen-bond donors (Lipinski definition) is 2. The van der Waals surface area contributed by atoms with Crippen molar-refractivity contribution in [3.8, 4) is 0 Å². The number of amides is 1. The number of halogens is 1. The first-order valence-corrected chi connectivity index (χ1v) is 9.92. The van der Waals surface area contributed by atoms with Crippen molar-refractivity contribution >= 4 is 39.3 Å². The molecule has 1 aromatic rings. The van der Waals surface area contributed by atoms with Crippen LogP contribution in [-0.4, -0.2) is 53.2 Å². The summed E-state index contributed by atoms with van der Waals surface area (Å²) in [5, 5.41) is 23.5. The number of nitrogens with zero attached hydrogens (tertiary/aromatic N) is 2. The van der Waals surface area contributed by atoms with Crippen LogP contribution in [0.25, 0.3) is 5.57 Å². The van der Waals surface area contributed by atoms with Gasteiger partial charge in [-0.2, -0.15) is 0 Å². The number of allylic oxidation sites excluding steroid dienone is 1. The number of benzene rings is 1. The number of rotatable bonds is 6. The fraction of sp³-hybridized carbons (Fsp3) is 0.474. The van der Waals surface area contributed by atoms with Crippen molar-refractivity contribution in [2.24, 2.45) is 5.92 Å². The van der Waals surface area contributed by atoms with Gasteiger partial charge in [0.2, 0.25) is 0 Å². The number of nitrogens with one attached hydrogen (secondary N) is 1. The molecule has 1 unspecified atom stereocenters. The predicted molar refractivity (Wildman–Crippen MR) is 110 cm³/mol. The van der Waals surface area contributed by atoms with E-state index >= 15 is 0 Å². The zero-order valence-corrected chi connectivity index (χ0v) is 18.1. The standard InChI is InChI=1S/C19H24BrN3O6/c1-11(13-6-8-22(9-7-13)19(25)26)21-12(2)17(18(24)29-3)15-10-14(23(27)28)4-5-16(15)20/h4-5,10-11,13,21H,6-9H2,1-3H3,(H,25,26). The number of likely N-dealkylation sites (tertiary alicyclic amines) is 1. The molecule has 29 heavy (non-hydrogen) atoms. The van der Waals surface area contributed by atoms with E-state index in [0.29, 0.717) is 41.7 Å².